The minimum atomic E-state index is 0.515. The summed E-state index contributed by atoms with van der Waals surface area (Å²) in [6.07, 6.45) is 2.35. The number of halogens is 1. The van der Waals surface area contributed by atoms with Crippen LogP contribution < -0.4 is 0 Å². The molecule has 0 aliphatic carbocycles. The summed E-state index contributed by atoms with van der Waals surface area (Å²) in [7, 11) is 0. The van der Waals surface area contributed by atoms with E-state index in [1.54, 1.807) is 10.9 Å². The fourth-order valence-corrected chi connectivity index (χ4v) is 1.04. The third kappa shape index (κ3) is 1.60. The first-order chi connectivity index (χ1) is 5.29. The SMILES string of the molecule is Cc1c(C=O)cnn1CCCl. The van der Waals surface area contributed by atoms with Gasteiger partial charge in [-0.15, -0.1) is 11.6 Å². The third-order valence-corrected chi connectivity index (χ3v) is 1.73. The molecule has 4 heteroatoms. The van der Waals surface area contributed by atoms with Gasteiger partial charge >= 0.3 is 0 Å². The van der Waals surface area contributed by atoms with Crippen molar-refractivity contribution in [2.45, 2.75) is 13.5 Å². The predicted octanol–water partition coefficient (Wildman–Crippen LogP) is 1.24. The third-order valence-electron chi connectivity index (χ3n) is 1.56. The zero-order valence-corrected chi connectivity index (χ0v) is 7.01. The molecule has 0 atom stereocenters. The van der Waals surface area contributed by atoms with E-state index in [0.29, 0.717) is 18.0 Å². The van der Waals surface area contributed by atoms with Crippen molar-refractivity contribution in [1.82, 2.24) is 9.78 Å². The van der Waals surface area contributed by atoms with Crippen LogP contribution in [-0.4, -0.2) is 21.9 Å². The summed E-state index contributed by atoms with van der Waals surface area (Å²) >= 11 is 5.51. The lowest BCUT2D eigenvalue weighted by Gasteiger charge is -1.99. The van der Waals surface area contributed by atoms with Gasteiger partial charge in [-0.05, 0) is 6.92 Å². The van der Waals surface area contributed by atoms with E-state index in [1.165, 1.54) is 0 Å². The van der Waals surface area contributed by atoms with E-state index in [-0.39, 0.29) is 0 Å². The Bertz CT molecular complexity index is 257. The minimum Gasteiger partial charge on any atom is -0.298 e. The number of rotatable bonds is 3. The van der Waals surface area contributed by atoms with E-state index in [0.717, 1.165) is 12.0 Å². The van der Waals surface area contributed by atoms with E-state index in [2.05, 4.69) is 5.10 Å². The van der Waals surface area contributed by atoms with Gasteiger partial charge in [0.2, 0.25) is 0 Å². The lowest BCUT2D eigenvalue weighted by Crippen LogP contribution is -2.03. The van der Waals surface area contributed by atoms with Crippen LogP contribution in [0.4, 0.5) is 0 Å². The smallest absolute Gasteiger partial charge is 0.153 e. The van der Waals surface area contributed by atoms with Crippen LogP contribution in [0.2, 0.25) is 0 Å². The topological polar surface area (TPSA) is 34.9 Å². The molecule has 0 aliphatic rings. The molecular formula is C7H9ClN2O. The van der Waals surface area contributed by atoms with Gasteiger partial charge in [-0.2, -0.15) is 5.10 Å². The first kappa shape index (κ1) is 8.27. The molecule has 1 rings (SSSR count). The van der Waals surface area contributed by atoms with Crippen molar-refractivity contribution in [3.63, 3.8) is 0 Å². The highest BCUT2D eigenvalue weighted by molar-refractivity contribution is 6.17. The summed E-state index contributed by atoms with van der Waals surface area (Å²) in [6.45, 7) is 2.50. The van der Waals surface area contributed by atoms with Gasteiger partial charge in [0.15, 0.2) is 6.29 Å². The molecule has 0 amide bonds. The maximum Gasteiger partial charge on any atom is 0.153 e. The molecule has 3 nitrogen and oxygen atoms in total. The second-order valence-corrected chi connectivity index (χ2v) is 2.59. The number of carbonyl (C=O) groups is 1. The second-order valence-electron chi connectivity index (χ2n) is 2.22. The molecule has 0 aliphatic heterocycles. The van der Waals surface area contributed by atoms with Gasteiger partial charge in [-0.25, -0.2) is 0 Å². The van der Waals surface area contributed by atoms with Crippen molar-refractivity contribution in [3.8, 4) is 0 Å². The van der Waals surface area contributed by atoms with Gasteiger partial charge in [0.1, 0.15) is 0 Å². The van der Waals surface area contributed by atoms with Crippen molar-refractivity contribution >= 4 is 17.9 Å². The van der Waals surface area contributed by atoms with Gasteiger partial charge in [-0.1, -0.05) is 0 Å². The van der Waals surface area contributed by atoms with Crippen molar-refractivity contribution in [2.75, 3.05) is 5.88 Å². The van der Waals surface area contributed by atoms with Crippen LogP contribution in [0.15, 0.2) is 6.20 Å². The number of hydrogen-bond donors (Lipinski definition) is 0. The molecule has 0 bridgehead atoms. The average Bonchev–Trinajstić information content (AvgIpc) is 2.34. The molecule has 0 aromatic carbocycles. The van der Waals surface area contributed by atoms with Crippen LogP contribution in [0.1, 0.15) is 16.1 Å². The van der Waals surface area contributed by atoms with Gasteiger partial charge in [-0.3, -0.25) is 9.48 Å². The molecule has 0 saturated carbocycles. The molecule has 0 N–H and O–H groups in total. The summed E-state index contributed by atoms with van der Waals surface area (Å²) in [4.78, 5) is 10.4. The Balaban J connectivity index is 2.90. The second kappa shape index (κ2) is 3.53. The molecule has 1 aromatic heterocycles. The monoisotopic (exact) mass is 172 g/mol. The number of nitrogens with zero attached hydrogens (tertiary/aromatic N) is 2. The Labute approximate surface area is 70.0 Å². The van der Waals surface area contributed by atoms with Crippen LogP contribution >= 0.6 is 11.6 Å². The summed E-state index contributed by atoms with van der Waals surface area (Å²) < 4.78 is 1.72. The Morgan fingerprint density at radius 2 is 2.55 bits per heavy atom. The highest BCUT2D eigenvalue weighted by atomic mass is 35.5. The summed E-state index contributed by atoms with van der Waals surface area (Å²) in [6, 6.07) is 0. The maximum absolute atomic E-state index is 10.4. The molecule has 1 heterocycles. The van der Waals surface area contributed by atoms with Crippen LogP contribution in [0, 0.1) is 6.92 Å². The van der Waals surface area contributed by atoms with Gasteiger partial charge in [0.25, 0.3) is 0 Å². The van der Waals surface area contributed by atoms with Crippen molar-refractivity contribution in [2.24, 2.45) is 0 Å². The Hall–Kier alpha value is -0.830. The molecule has 0 radical (unpaired) electrons. The molecule has 11 heavy (non-hydrogen) atoms. The van der Waals surface area contributed by atoms with E-state index < -0.39 is 0 Å². The lowest BCUT2D eigenvalue weighted by atomic mass is 10.3. The van der Waals surface area contributed by atoms with E-state index >= 15 is 0 Å². The molecular weight excluding hydrogens is 164 g/mol. The Morgan fingerprint density at radius 1 is 1.82 bits per heavy atom. The van der Waals surface area contributed by atoms with Crippen LogP contribution in [0.3, 0.4) is 0 Å². The molecule has 0 fully saturated rings. The van der Waals surface area contributed by atoms with Crippen LogP contribution in [0.5, 0.6) is 0 Å². The number of hydrogen-bond acceptors (Lipinski definition) is 2. The summed E-state index contributed by atoms with van der Waals surface area (Å²) in [5, 5.41) is 3.98. The number of aldehydes is 1. The van der Waals surface area contributed by atoms with E-state index in [9.17, 15) is 4.79 Å². The molecule has 0 spiro atoms. The largest absolute Gasteiger partial charge is 0.298 e. The Kier molecular flexibility index (Phi) is 2.65. The standard InChI is InChI=1S/C7H9ClN2O/c1-6-7(5-11)4-9-10(6)3-2-8/h4-5H,2-3H2,1H3. The van der Waals surface area contributed by atoms with Gasteiger partial charge in [0, 0.05) is 11.6 Å². The van der Waals surface area contributed by atoms with Crippen molar-refractivity contribution in [1.29, 1.82) is 0 Å². The number of carbonyl (C=O) groups excluding carboxylic acids is 1. The maximum atomic E-state index is 10.4. The van der Waals surface area contributed by atoms with E-state index in [4.69, 9.17) is 11.6 Å². The van der Waals surface area contributed by atoms with Crippen LogP contribution in [-0.2, 0) is 6.54 Å². The summed E-state index contributed by atoms with van der Waals surface area (Å²) in [5.41, 5.74) is 1.51. The van der Waals surface area contributed by atoms with Crippen molar-refractivity contribution in [3.05, 3.63) is 17.5 Å². The number of aromatic nitrogens is 2. The average molecular weight is 173 g/mol. The quantitative estimate of drug-likeness (QED) is 0.508. The molecule has 0 unspecified atom stereocenters. The molecule has 0 saturated heterocycles. The predicted molar refractivity (Wildman–Crippen MR) is 43.1 cm³/mol. The zero-order chi connectivity index (χ0) is 8.27. The van der Waals surface area contributed by atoms with Gasteiger partial charge < -0.3 is 0 Å². The number of aryl methyl sites for hydroxylation is 1. The number of alkyl halides is 1. The molecule has 1 aromatic rings. The minimum absolute atomic E-state index is 0.515. The molecule has 60 valence electrons. The normalized spacial score (nSPS) is 10.0. The summed E-state index contributed by atoms with van der Waals surface area (Å²) in [5.74, 6) is 0.515. The highest BCUT2D eigenvalue weighted by Gasteiger charge is 2.02. The lowest BCUT2D eigenvalue weighted by molar-refractivity contribution is 0.112. The first-order valence-corrected chi connectivity index (χ1v) is 3.86. The fraction of sp³-hybridized carbons (Fsp3) is 0.429. The van der Waals surface area contributed by atoms with Crippen molar-refractivity contribution < 1.29 is 4.79 Å². The highest BCUT2D eigenvalue weighted by Crippen LogP contribution is 2.03. The fourth-order valence-electron chi connectivity index (χ4n) is 0.882. The van der Waals surface area contributed by atoms with Gasteiger partial charge in [0.05, 0.1) is 18.3 Å². The Morgan fingerprint density at radius 3 is 3.00 bits per heavy atom. The zero-order valence-electron chi connectivity index (χ0n) is 6.25. The van der Waals surface area contributed by atoms with Crippen LogP contribution in [0.25, 0.3) is 0 Å². The first-order valence-electron chi connectivity index (χ1n) is 3.33. The van der Waals surface area contributed by atoms with E-state index in [1.807, 2.05) is 6.92 Å².